The van der Waals surface area contributed by atoms with E-state index in [0.717, 1.165) is 21.6 Å². The van der Waals surface area contributed by atoms with Crippen molar-refractivity contribution in [3.05, 3.63) is 83.4 Å². The highest BCUT2D eigenvalue weighted by Crippen LogP contribution is 2.36. The number of carboxylic acid groups (broad SMARTS) is 1. The summed E-state index contributed by atoms with van der Waals surface area (Å²) in [5.74, 6) is 0.224. The fourth-order valence-electron chi connectivity index (χ4n) is 4.21. The summed E-state index contributed by atoms with van der Waals surface area (Å²) in [5.41, 5.74) is 2.68. The summed E-state index contributed by atoms with van der Waals surface area (Å²) in [5, 5.41) is 13.3. The molecule has 0 fully saturated rings. The summed E-state index contributed by atoms with van der Waals surface area (Å²) >= 11 is 0. The molecular formula is C26H27NO5S. The van der Waals surface area contributed by atoms with Crippen LogP contribution in [-0.2, 0) is 34.9 Å². The molecule has 0 amide bonds. The van der Waals surface area contributed by atoms with Crippen molar-refractivity contribution in [1.82, 2.24) is 0 Å². The van der Waals surface area contributed by atoms with Crippen molar-refractivity contribution in [2.24, 2.45) is 0 Å². The van der Waals surface area contributed by atoms with Crippen LogP contribution in [0.2, 0.25) is 0 Å². The van der Waals surface area contributed by atoms with Crippen LogP contribution >= 0.6 is 0 Å². The summed E-state index contributed by atoms with van der Waals surface area (Å²) in [6.45, 7) is 0.398. The Morgan fingerprint density at radius 1 is 1.03 bits per heavy atom. The van der Waals surface area contributed by atoms with E-state index >= 15 is 0 Å². The number of nitrogens with one attached hydrogen (secondary N) is 1. The molecule has 3 aromatic rings. The SMILES string of the molecule is COc1ccc(NC2(C(=O)O)Cc3ccccc3C2)cc1OCCc1cccc(S(C)=O)c1. The first-order chi connectivity index (χ1) is 15.9. The minimum absolute atomic E-state index is 0.398. The molecule has 0 saturated carbocycles. The van der Waals surface area contributed by atoms with Crippen LogP contribution in [0.4, 0.5) is 5.69 Å². The molecule has 1 atom stereocenters. The smallest absolute Gasteiger partial charge is 0.330 e. The van der Waals surface area contributed by atoms with Crippen LogP contribution in [0.3, 0.4) is 0 Å². The third-order valence-electron chi connectivity index (χ3n) is 5.94. The third-order valence-corrected chi connectivity index (χ3v) is 6.86. The molecule has 1 unspecified atom stereocenters. The molecule has 1 aliphatic carbocycles. The zero-order valence-electron chi connectivity index (χ0n) is 18.7. The van der Waals surface area contributed by atoms with Gasteiger partial charge in [0, 0.05) is 53.0 Å². The van der Waals surface area contributed by atoms with Gasteiger partial charge in [0.2, 0.25) is 0 Å². The van der Waals surface area contributed by atoms with Crippen molar-refractivity contribution < 1.29 is 23.6 Å². The quantitative estimate of drug-likeness (QED) is 0.495. The highest BCUT2D eigenvalue weighted by Gasteiger charge is 2.44. The number of carbonyl (C=O) groups is 1. The maximum absolute atomic E-state index is 12.3. The molecule has 33 heavy (non-hydrogen) atoms. The van der Waals surface area contributed by atoms with Gasteiger partial charge in [0.05, 0.1) is 13.7 Å². The summed E-state index contributed by atoms with van der Waals surface area (Å²) in [6, 6.07) is 20.8. The van der Waals surface area contributed by atoms with Gasteiger partial charge in [0.15, 0.2) is 11.5 Å². The van der Waals surface area contributed by atoms with Crippen LogP contribution in [0.5, 0.6) is 11.5 Å². The first-order valence-electron chi connectivity index (χ1n) is 10.7. The number of ether oxygens (including phenoxy) is 2. The summed E-state index contributed by atoms with van der Waals surface area (Å²) in [6.07, 6.45) is 3.12. The number of hydrogen-bond donors (Lipinski definition) is 2. The van der Waals surface area contributed by atoms with Crippen molar-refractivity contribution in [3.8, 4) is 11.5 Å². The van der Waals surface area contributed by atoms with E-state index in [2.05, 4.69) is 5.32 Å². The largest absolute Gasteiger partial charge is 0.493 e. The number of methoxy groups -OCH3 is 1. The van der Waals surface area contributed by atoms with Crippen LogP contribution in [0, 0.1) is 0 Å². The van der Waals surface area contributed by atoms with Crippen molar-refractivity contribution in [3.63, 3.8) is 0 Å². The van der Waals surface area contributed by atoms with Gasteiger partial charge < -0.3 is 19.9 Å². The van der Waals surface area contributed by atoms with E-state index in [1.165, 1.54) is 0 Å². The molecular weight excluding hydrogens is 438 g/mol. The lowest BCUT2D eigenvalue weighted by molar-refractivity contribution is -0.142. The second kappa shape index (κ2) is 9.67. The highest BCUT2D eigenvalue weighted by atomic mass is 32.2. The zero-order valence-corrected chi connectivity index (χ0v) is 19.5. The van der Waals surface area contributed by atoms with Gasteiger partial charge in [-0.1, -0.05) is 36.4 Å². The first kappa shape index (κ1) is 22.9. The molecule has 0 aromatic heterocycles. The Labute approximate surface area is 196 Å². The molecule has 1 aliphatic rings. The Balaban J connectivity index is 1.49. The molecule has 3 aromatic carbocycles. The topological polar surface area (TPSA) is 84.9 Å². The van der Waals surface area contributed by atoms with Crippen molar-refractivity contribution >= 4 is 22.5 Å². The van der Waals surface area contributed by atoms with E-state index < -0.39 is 22.3 Å². The minimum atomic E-state index is -1.11. The number of hydrogen-bond acceptors (Lipinski definition) is 5. The van der Waals surface area contributed by atoms with E-state index in [-0.39, 0.29) is 0 Å². The van der Waals surface area contributed by atoms with Gasteiger partial charge in [-0.05, 0) is 41.0 Å². The van der Waals surface area contributed by atoms with Gasteiger partial charge in [-0.15, -0.1) is 0 Å². The number of carboxylic acids is 1. The molecule has 6 nitrogen and oxygen atoms in total. The Morgan fingerprint density at radius 2 is 1.76 bits per heavy atom. The maximum atomic E-state index is 12.3. The van der Waals surface area contributed by atoms with E-state index in [9.17, 15) is 14.1 Å². The Hall–Kier alpha value is -3.32. The normalized spacial score (nSPS) is 14.8. The number of rotatable bonds is 9. The van der Waals surface area contributed by atoms with Crippen LogP contribution in [0.15, 0.2) is 71.6 Å². The molecule has 0 bridgehead atoms. The molecule has 0 heterocycles. The third kappa shape index (κ3) is 5.03. The summed E-state index contributed by atoms with van der Waals surface area (Å²) < 4.78 is 23.2. The predicted molar refractivity (Wildman–Crippen MR) is 129 cm³/mol. The van der Waals surface area contributed by atoms with Gasteiger partial charge in [-0.2, -0.15) is 0 Å². The number of anilines is 1. The zero-order chi connectivity index (χ0) is 23.4. The lowest BCUT2D eigenvalue weighted by Gasteiger charge is -2.27. The molecule has 7 heteroatoms. The number of benzene rings is 3. The van der Waals surface area contributed by atoms with Crippen molar-refractivity contribution in [2.75, 3.05) is 25.3 Å². The molecule has 0 aliphatic heterocycles. The van der Waals surface area contributed by atoms with Gasteiger partial charge in [-0.25, -0.2) is 4.79 Å². The standard InChI is InChI=1S/C26H27NO5S/c1-31-23-11-10-21(27-26(25(28)29)16-19-7-3-4-8-20(19)17-26)15-24(23)32-13-12-18-6-5-9-22(14-18)33(2)30/h3-11,14-15,27H,12-13,16-17H2,1-2H3,(H,28,29). The average Bonchev–Trinajstić information content (AvgIpc) is 3.19. The monoisotopic (exact) mass is 465 g/mol. The summed E-state index contributed by atoms with van der Waals surface area (Å²) in [4.78, 5) is 13.1. The fourth-order valence-corrected chi connectivity index (χ4v) is 4.80. The first-order valence-corrected chi connectivity index (χ1v) is 12.3. The van der Waals surface area contributed by atoms with Gasteiger partial charge in [0.25, 0.3) is 0 Å². The molecule has 0 radical (unpaired) electrons. The van der Waals surface area contributed by atoms with Crippen LogP contribution in [0.25, 0.3) is 0 Å². The van der Waals surface area contributed by atoms with Crippen LogP contribution < -0.4 is 14.8 Å². The Bertz CT molecular complexity index is 1170. The Morgan fingerprint density at radius 3 is 2.39 bits per heavy atom. The van der Waals surface area contributed by atoms with Crippen molar-refractivity contribution in [1.29, 1.82) is 0 Å². The highest BCUT2D eigenvalue weighted by molar-refractivity contribution is 7.84. The molecule has 2 N–H and O–H groups in total. The molecule has 0 saturated heterocycles. The Kier molecular flexibility index (Phi) is 6.70. The second-order valence-corrected chi connectivity index (χ2v) is 9.58. The minimum Gasteiger partial charge on any atom is -0.493 e. The van der Waals surface area contributed by atoms with Crippen LogP contribution in [-0.4, -0.2) is 40.8 Å². The average molecular weight is 466 g/mol. The second-order valence-electron chi connectivity index (χ2n) is 8.20. The lowest BCUT2D eigenvalue weighted by atomic mass is 9.95. The van der Waals surface area contributed by atoms with Gasteiger partial charge >= 0.3 is 5.97 Å². The lowest BCUT2D eigenvalue weighted by Crippen LogP contribution is -2.47. The van der Waals surface area contributed by atoms with E-state index in [1.807, 2.05) is 48.5 Å². The van der Waals surface area contributed by atoms with E-state index in [0.29, 0.717) is 43.1 Å². The van der Waals surface area contributed by atoms with E-state index in [1.54, 1.807) is 31.6 Å². The van der Waals surface area contributed by atoms with Crippen LogP contribution in [0.1, 0.15) is 16.7 Å². The maximum Gasteiger partial charge on any atom is 0.330 e. The molecule has 4 rings (SSSR count). The molecule has 0 spiro atoms. The van der Waals surface area contributed by atoms with Crippen molar-refractivity contribution in [2.45, 2.75) is 29.7 Å². The molecule has 172 valence electrons. The number of fused-ring (bicyclic) bond motifs is 1. The van der Waals surface area contributed by atoms with Gasteiger partial charge in [0.1, 0.15) is 5.54 Å². The van der Waals surface area contributed by atoms with E-state index in [4.69, 9.17) is 9.47 Å². The fraction of sp³-hybridized carbons (Fsp3) is 0.269. The number of aliphatic carboxylic acids is 1. The van der Waals surface area contributed by atoms with Gasteiger partial charge in [-0.3, -0.25) is 4.21 Å². The predicted octanol–water partition coefficient (Wildman–Crippen LogP) is 4.09. The summed E-state index contributed by atoms with van der Waals surface area (Å²) in [7, 11) is 0.540.